The number of amides is 1. The van der Waals surface area contributed by atoms with Gasteiger partial charge in [-0.1, -0.05) is 0 Å². The minimum atomic E-state index is -3.25. The molecule has 1 aromatic heterocycles. The molecule has 0 saturated heterocycles. The van der Waals surface area contributed by atoms with Gasteiger partial charge in [0.2, 0.25) is 0 Å². The second-order valence-corrected chi connectivity index (χ2v) is 6.99. The Morgan fingerprint density at radius 2 is 1.76 bits per heavy atom. The maximum atomic E-state index is 12.3. The highest BCUT2D eigenvalue weighted by atomic mass is 32.2. The van der Waals surface area contributed by atoms with Crippen molar-refractivity contribution in [2.45, 2.75) is 18.4 Å². The number of benzene rings is 1. The summed E-state index contributed by atoms with van der Waals surface area (Å²) in [6, 6.07) is 9.58. The molecule has 21 heavy (non-hydrogen) atoms. The number of sulfone groups is 1. The van der Waals surface area contributed by atoms with Crippen molar-refractivity contribution in [1.29, 1.82) is 0 Å². The zero-order valence-electron chi connectivity index (χ0n) is 12.2. The first-order chi connectivity index (χ1) is 9.77. The Morgan fingerprint density at radius 1 is 1.14 bits per heavy atom. The highest BCUT2D eigenvalue weighted by molar-refractivity contribution is 7.90. The van der Waals surface area contributed by atoms with Crippen LogP contribution in [0.3, 0.4) is 0 Å². The lowest BCUT2D eigenvalue weighted by molar-refractivity contribution is 0.0775. The van der Waals surface area contributed by atoms with Crippen molar-refractivity contribution in [1.82, 2.24) is 4.90 Å². The first kappa shape index (κ1) is 15.3. The van der Waals surface area contributed by atoms with Crippen molar-refractivity contribution in [2.24, 2.45) is 0 Å². The number of rotatable bonds is 4. The molecule has 0 fully saturated rings. The first-order valence-corrected chi connectivity index (χ1v) is 8.27. The number of furan rings is 1. The molecule has 112 valence electrons. The van der Waals surface area contributed by atoms with Gasteiger partial charge in [0.25, 0.3) is 5.91 Å². The molecule has 0 bridgehead atoms. The van der Waals surface area contributed by atoms with Gasteiger partial charge < -0.3 is 9.32 Å². The van der Waals surface area contributed by atoms with E-state index in [1.54, 1.807) is 7.05 Å². The second kappa shape index (κ2) is 5.73. The summed E-state index contributed by atoms with van der Waals surface area (Å²) >= 11 is 0. The van der Waals surface area contributed by atoms with Gasteiger partial charge in [0.1, 0.15) is 11.5 Å². The third-order valence-corrected chi connectivity index (χ3v) is 4.19. The SMILES string of the molecule is Cc1ccc(CN(C)C(=O)c2ccc(S(C)(=O)=O)cc2)o1. The number of nitrogens with zero attached hydrogens (tertiary/aromatic N) is 1. The molecule has 2 rings (SSSR count). The molecule has 0 spiro atoms. The lowest BCUT2D eigenvalue weighted by atomic mass is 10.2. The van der Waals surface area contributed by atoms with Gasteiger partial charge in [-0.15, -0.1) is 0 Å². The molecular formula is C15H17NO4S. The van der Waals surface area contributed by atoms with Crippen LogP contribution in [0.4, 0.5) is 0 Å². The summed E-state index contributed by atoms with van der Waals surface area (Å²) in [5, 5.41) is 0. The van der Waals surface area contributed by atoms with Crippen LogP contribution in [-0.4, -0.2) is 32.5 Å². The van der Waals surface area contributed by atoms with E-state index in [1.165, 1.54) is 29.2 Å². The third-order valence-electron chi connectivity index (χ3n) is 3.07. The highest BCUT2D eigenvalue weighted by Crippen LogP contribution is 2.14. The summed E-state index contributed by atoms with van der Waals surface area (Å²) in [7, 11) is -1.58. The topological polar surface area (TPSA) is 67.6 Å². The normalized spacial score (nSPS) is 11.4. The third kappa shape index (κ3) is 3.72. The lowest BCUT2D eigenvalue weighted by Gasteiger charge is -2.15. The summed E-state index contributed by atoms with van der Waals surface area (Å²) in [5.74, 6) is 1.31. The smallest absolute Gasteiger partial charge is 0.254 e. The molecular weight excluding hydrogens is 290 g/mol. The Balaban J connectivity index is 2.12. The predicted molar refractivity (Wildman–Crippen MR) is 78.8 cm³/mol. The predicted octanol–water partition coefficient (Wildman–Crippen LogP) is 2.26. The Kier molecular flexibility index (Phi) is 4.18. The Bertz CT molecular complexity index is 744. The van der Waals surface area contributed by atoms with Crippen LogP contribution in [0.5, 0.6) is 0 Å². The molecule has 1 amide bonds. The minimum absolute atomic E-state index is 0.191. The fraction of sp³-hybridized carbons (Fsp3) is 0.267. The zero-order chi connectivity index (χ0) is 15.6. The molecule has 0 aliphatic heterocycles. The van der Waals surface area contributed by atoms with Crippen LogP contribution in [0.25, 0.3) is 0 Å². The van der Waals surface area contributed by atoms with Crippen LogP contribution in [0, 0.1) is 6.92 Å². The molecule has 1 aromatic carbocycles. The maximum absolute atomic E-state index is 12.3. The van der Waals surface area contributed by atoms with E-state index in [0.29, 0.717) is 17.9 Å². The molecule has 0 aliphatic carbocycles. The van der Waals surface area contributed by atoms with Gasteiger partial charge in [-0.3, -0.25) is 4.79 Å². The Labute approximate surface area is 124 Å². The summed E-state index contributed by atoms with van der Waals surface area (Å²) in [5.41, 5.74) is 0.438. The van der Waals surface area contributed by atoms with Gasteiger partial charge >= 0.3 is 0 Å². The summed E-state index contributed by atoms with van der Waals surface area (Å²) in [4.78, 5) is 14.0. The molecule has 0 aliphatic rings. The Morgan fingerprint density at radius 3 is 2.24 bits per heavy atom. The van der Waals surface area contributed by atoms with Crippen LogP contribution in [-0.2, 0) is 16.4 Å². The minimum Gasteiger partial charge on any atom is -0.464 e. The van der Waals surface area contributed by atoms with Gasteiger partial charge in [0.05, 0.1) is 11.4 Å². The van der Waals surface area contributed by atoms with Crippen molar-refractivity contribution >= 4 is 15.7 Å². The van der Waals surface area contributed by atoms with Crippen LogP contribution in [0.2, 0.25) is 0 Å². The molecule has 6 heteroatoms. The van der Waals surface area contributed by atoms with E-state index in [0.717, 1.165) is 12.0 Å². The highest BCUT2D eigenvalue weighted by Gasteiger charge is 2.15. The van der Waals surface area contributed by atoms with Gasteiger partial charge in [-0.25, -0.2) is 8.42 Å². The second-order valence-electron chi connectivity index (χ2n) is 4.97. The monoisotopic (exact) mass is 307 g/mol. The number of carbonyl (C=O) groups is 1. The first-order valence-electron chi connectivity index (χ1n) is 6.38. The molecule has 0 saturated carbocycles. The van der Waals surface area contributed by atoms with Crippen molar-refractivity contribution in [3.05, 3.63) is 53.5 Å². The standard InChI is InChI=1S/C15H17NO4S/c1-11-4-7-13(20-11)10-16(2)15(17)12-5-8-14(9-6-12)21(3,18)19/h4-9H,10H2,1-3H3. The van der Waals surface area contributed by atoms with E-state index in [1.807, 2.05) is 19.1 Å². The van der Waals surface area contributed by atoms with Crippen molar-refractivity contribution < 1.29 is 17.6 Å². The van der Waals surface area contributed by atoms with E-state index < -0.39 is 9.84 Å². The zero-order valence-corrected chi connectivity index (χ0v) is 13.0. The number of hydrogen-bond donors (Lipinski definition) is 0. The maximum Gasteiger partial charge on any atom is 0.254 e. The van der Waals surface area contributed by atoms with Crippen LogP contribution in [0.15, 0.2) is 45.7 Å². The molecule has 0 unspecified atom stereocenters. The Hall–Kier alpha value is -2.08. The molecule has 5 nitrogen and oxygen atoms in total. The van der Waals surface area contributed by atoms with Gasteiger partial charge in [0, 0.05) is 18.9 Å². The van der Waals surface area contributed by atoms with E-state index in [2.05, 4.69) is 0 Å². The molecule has 1 heterocycles. The van der Waals surface area contributed by atoms with Crippen LogP contribution in [0.1, 0.15) is 21.9 Å². The molecule has 0 radical (unpaired) electrons. The summed E-state index contributed by atoms with van der Waals surface area (Å²) < 4.78 is 28.2. The largest absolute Gasteiger partial charge is 0.464 e. The fourth-order valence-electron chi connectivity index (χ4n) is 1.94. The summed E-state index contributed by atoms with van der Waals surface area (Å²) in [6.07, 6.45) is 1.13. The fourth-order valence-corrected chi connectivity index (χ4v) is 2.57. The molecule has 2 aromatic rings. The van der Waals surface area contributed by atoms with Crippen LogP contribution >= 0.6 is 0 Å². The molecule has 0 N–H and O–H groups in total. The number of hydrogen-bond acceptors (Lipinski definition) is 4. The van der Waals surface area contributed by atoms with Gasteiger partial charge in [-0.05, 0) is 43.3 Å². The number of aryl methyl sites for hydroxylation is 1. The quantitative estimate of drug-likeness (QED) is 0.869. The lowest BCUT2D eigenvalue weighted by Crippen LogP contribution is -2.26. The van der Waals surface area contributed by atoms with E-state index in [4.69, 9.17) is 4.42 Å². The van der Waals surface area contributed by atoms with Crippen molar-refractivity contribution in [2.75, 3.05) is 13.3 Å². The van der Waals surface area contributed by atoms with Crippen molar-refractivity contribution in [3.63, 3.8) is 0 Å². The van der Waals surface area contributed by atoms with Crippen LogP contribution < -0.4 is 0 Å². The van der Waals surface area contributed by atoms with E-state index in [-0.39, 0.29) is 10.8 Å². The van der Waals surface area contributed by atoms with E-state index >= 15 is 0 Å². The number of carbonyl (C=O) groups excluding carboxylic acids is 1. The van der Waals surface area contributed by atoms with Crippen molar-refractivity contribution in [3.8, 4) is 0 Å². The van der Waals surface area contributed by atoms with Gasteiger partial charge in [-0.2, -0.15) is 0 Å². The van der Waals surface area contributed by atoms with E-state index in [9.17, 15) is 13.2 Å². The average molecular weight is 307 g/mol. The van der Waals surface area contributed by atoms with Gasteiger partial charge in [0.15, 0.2) is 9.84 Å². The molecule has 0 atom stereocenters. The average Bonchev–Trinajstić information content (AvgIpc) is 2.82. The summed E-state index contributed by atoms with van der Waals surface area (Å²) in [6.45, 7) is 2.20.